The zero-order valence-corrected chi connectivity index (χ0v) is 14.5. The SMILES string of the molecule is CCOCCCN=C(Nc1cc(F)ccc1O)N1CCN(C)CC1. The second-order valence-corrected chi connectivity index (χ2v) is 5.83. The molecular weight excluding hydrogens is 311 g/mol. The van der Waals surface area contributed by atoms with E-state index in [-0.39, 0.29) is 5.75 Å². The maximum absolute atomic E-state index is 13.5. The van der Waals surface area contributed by atoms with Crippen LogP contribution < -0.4 is 5.32 Å². The summed E-state index contributed by atoms with van der Waals surface area (Å²) in [5.41, 5.74) is 0.331. The molecule has 2 rings (SSSR count). The lowest BCUT2D eigenvalue weighted by Gasteiger charge is -2.34. The third-order valence-electron chi connectivity index (χ3n) is 3.92. The Labute approximate surface area is 142 Å². The second-order valence-electron chi connectivity index (χ2n) is 5.83. The van der Waals surface area contributed by atoms with Crippen molar-refractivity contribution in [2.24, 2.45) is 4.99 Å². The highest BCUT2D eigenvalue weighted by molar-refractivity contribution is 5.95. The molecule has 0 amide bonds. The summed E-state index contributed by atoms with van der Waals surface area (Å²) in [5.74, 6) is 0.275. The van der Waals surface area contributed by atoms with Crippen molar-refractivity contribution < 1.29 is 14.2 Å². The van der Waals surface area contributed by atoms with Crippen molar-refractivity contribution in [1.82, 2.24) is 9.80 Å². The number of hydrogen-bond donors (Lipinski definition) is 2. The van der Waals surface area contributed by atoms with E-state index < -0.39 is 5.82 Å². The number of benzene rings is 1. The van der Waals surface area contributed by atoms with Crippen molar-refractivity contribution in [3.63, 3.8) is 0 Å². The van der Waals surface area contributed by atoms with E-state index in [0.29, 0.717) is 31.4 Å². The molecule has 0 atom stereocenters. The van der Waals surface area contributed by atoms with Crippen LogP contribution >= 0.6 is 0 Å². The van der Waals surface area contributed by atoms with Gasteiger partial charge >= 0.3 is 0 Å². The highest BCUT2D eigenvalue weighted by Gasteiger charge is 2.18. The molecule has 1 aromatic rings. The van der Waals surface area contributed by atoms with E-state index in [2.05, 4.69) is 27.2 Å². The van der Waals surface area contributed by atoms with Crippen LogP contribution in [0.2, 0.25) is 0 Å². The predicted molar refractivity (Wildman–Crippen MR) is 94.2 cm³/mol. The number of phenolic OH excluding ortho intramolecular Hbond substituents is 1. The van der Waals surface area contributed by atoms with Crippen LogP contribution in [0.3, 0.4) is 0 Å². The Morgan fingerprint density at radius 1 is 1.33 bits per heavy atom. The number of likely N-dealkylation sites (N-methyl/N-ethyl adjacent to an activating group) is 1. The first-order valence-electron chi connectivity index (χ1n) is 8.41. The quantitative estimate of drug-likeness (QED) is 0.359. The Balaban J connectivity index is 2.06. The first-order chi connectivity index (χ1) is 11.6. The Morgan fingerprint density at radius 3 is 2.79 bits per heavy atom. The molecule has 7 heteroatoms. The molecule has 1 aliphatic rings. The van der Waals surface area contributed by atoms with E-state index in [1.54, 1.807) is 0 Å². The molecule has 0 unspecified atom stereocenters. The first-order valence-corrected chi connectivity index (χ1v) is 8.41. The third-order valence-corrected chi connectivity index (χ3v) is 3.92. The minimum absolute atomic E-state index is 0.00699. The number of aromatic hydroxyl groups is 1. The molecular formula is C17H27FN4O2. The van der Waals surface area contributed by atoms with Crippen molar-refractivity contribution >= 4 is 11.6 Å². The molecule has 0 spiro atoms. The van der Waals surface area contributed by atoms with E-state index >= 15 is 0 Å². The van der Waals surface area contributed by atoms with Gasteiger partial charge in [-0.15, -0.1) is 0 Å². The zero-order valence-electron chi connectivity index (χ0n) is 14.5. The molecule has 0 aromatic heterocycles. The summed E-state index contributed by atoms with van der Waals surface area (Å²) in [5, 5.41) is 13.0. The van der Waals surface area contributed by atoms with Crippen molar-refractivity contribution in [2.75, 3.05) is 58.3 Å². The van der Waals surface area contributed by atoms with E-state index in [1.807, 2.05) is 6.92 Å². The molecule has 1 fully saturated rings. The van der Waals surface area contributed by atoms with Crippen LogP contribution in [-0.4, -0.2) is 73.9 Å². The van der Waals surface area contributed by atoms with Crippen LogP contribution in [0, 0.1) is 5.82 Å². The van der Waals surface area contributed by atoms with Crippen LogP contribution in [0.5, 0.6) is 5.75 Å². The molecule has 1 aromatic carbocycles. The lowest BCUT2D eigenvalue weighted by Crippen LogP contribution is -2.49. The summed E-state index contributed by atoms with van der Waals surface area (Å²) in [4.78, 5) is 8.99. The van der Waals surface area contributed by atoms with Crippen molar-refractivity contribution in [2.45, 2.75) is 13.3 Å². The Morgan fingerprint density at radius 2 is 2.08 bits per heavy atom. The molecule has 0 aliphatic carbocycles. The first kappa shape index (κ1) is 18.5. The van der Waals surface area contributed by atoms with Crippen LogP contribution in [0.4, 0.5) is 10.1 Å². The van der Waals surface area contributed by atoms with E-state index in [1.165, 1.54) is 18.2 Å². The molecule has 1 saturated heterocycles. The van der Waals surface area contributed by atoms with Gasteiger partial charge in [-0.2, -0.15) is 0 Å². The van der Waals surface area contributed by atoms with Gasteiger partial charge in [0, 0.05) is 52.0 Å². The van der Waals surface area contributed by atoms with E-state index in [0.717, 1.165) is 32.6 Å². The van der Waals surface area contributed by atoms with Crippen LogP contribution in [-0.2, 0) is 4.74 Å². The standard InChI is InChI=1S/C17H27FN4O2/c1-3-24-12-4-7-19-17(22-10-8-21(2)9-11-22)20-15-13-14(18)5-6-16(15)23/h5-6,13,23H,3-4,7-12H2,1-2H3,(H,19,20). The minimum atomic E-state index is -0.399. The number of aliphatic imine (C=N–C) groups is 1. The van der Waals surface area contributed by atoms with Gasteiger partial charge in [0.05, 0.1) is 5.69 Å². The normalized spacial score (nSPS) is 16.5. The highest BCUT2D eigenvalue weighted by atomic mass is 19.1. The summed E-state index contributed by atoms with van der Waals surface area (Å²) in [6.45, 7) is 7.50. The Hall–Kier alpha value is -1.86. The number of hydrogen-bond acceptors (Lipinski definition) is 4. The van der Waals surface area contributed by atoms with Gasteiger partial charge in [-0.05, 0) is 32.5 Å². The lowest BCUT2D eigenvalue weighted by atomic mass is 10.3. The van der Waals surface area contributed by atoms with Gasteiger partial charge in [-0.3, -0.25) is 4.99 Å². The molecule has 1 heterocycles. The van der Waals surface area contributed by atoms with Crippen molar-refractivity contribution in [1.29, 1.82) is 0 Å². The topological polar surface area (TPSA) is 60.3 Å². The van der Waals surface area contributed by atoms with Gasteiger partial charge < -0.3 is 25.0 Å². The Bertz CT molecular complexity index is 545. The molecule has 2 N–H and O–H groups in total. The summed E-state index contributed by atoms with van der Waals surface area (Å²) >= 11 is 0. The average Bonchev–Trinajstić information content (AvgIpc) is 2.57. The molecule has 0 bridgehead atoms. The van der Waals surface area contributed by atoms with Gasteiger partial charge in [-0.25, -0.2) is 4.39 Å². The Kier molecular flexibility index (Phi) is 7.27. The van der Waals surface area contributed by atoms with Crippen molar-refractivity contribution in [3.8, 4) is 5.75 Å². The third kappa shape index (κ3) is 5.65. The van der Waals surface area contributed by atoms with Gasteiger partial charge in [0.15, 0.2) is 5.96 Å². The number of anilines is 1. The minimum Gasteiger partial charge on any atom is -0.506 e. The maximum Gasteiger partial charge on any atom is 0.198 e. The van der Waals surface area contributed by atoms with Crippen LogP contribution in [0.15, 0.2) is 23.2 Å². The number of rotatable bonds is 6. The molecule has 0 saturated carbocycles. The molecule has 134 valence electrons. The fourth-order valence-electron chi connectivity index (χ4n) is 2.46. The number of ether oxygens (including phenoxy) is 1. The number of halogens is 1. The number of guanidine groups is 1. The summed E-state index contributed by atoms with van der Waals surface area (Å²) in [6, 6.07) is 3.85. The maximum atomic E-state index is 13.5. The number of piperazine rings is 1. The summed E-state index contributed by atoms with van der Waals surface area (Å²) in [7, 11) is 2.09. The van der Waals surface area contributed by atoms with Gasteiger partial charge in [0.2, 0.25) is 0 Å². The van der Waals surface area contributed by atoms with Crippen LogP contribution in [0.1, 0.15) is 13.3 Å². The molecule has 0 radical (unpaired) electrons. The molecule has 6 nitrogen and oxygen atoms in total. The fraction of sp³-hybridized carbons (Fsp3) is 0.588. The van der Waals surface area contributed by atoms with Gasteiger partial charge in [0.25, 0.3) is 0 Å². The van der Waals surface area contributed by atoms with E-state index in [4.69, 9.17) is 4.74 Å². The summed E-state index contributed by atoms with van der Waals surface area (Å²) < 4.78 is 18.8. The fourth-order valence-corrected chi connectivity index (χ4v) is 2.46. The lowest BCUT2D eigenvalue weighted by molar-refractivity contribution is 0.146. The molecule has 24 heavy (non-hydrogen) atoms. The molecule has 1 aliphatic heterocycles. The zero-order chi connectivity index (χ0) is 17.4. The highest BCUT2D eigenvalue weighted by Crippen LogP contribution is 2.24. The number of nitrogens with zero attached hydrogens (tertiary/aromatic N) is 3. The average molecular weight is 338 g/mol. The largest absolute Gasteiger partial charge is 0.506 e. The summed E-state index contributed by atoms with van der Waals surface area (Å²) in [6.07, 6.45) is 0.821. The van der Waals surface area contributed by atoms with Crippen molar-refractivity contribution in [3.05, 3.63) is 24.0 Å². The van der Waals surface area contributed by atoms with E-state index in [9.17, 15) is 9.50 Å². The number of phenols is 1. The van der Waals surface area contributed by atoms with Gasteiger partial charge in [-0.1, -0.05) is 0 Å². The number of nitrogens with one attached hydrogen (secondary N) is 1. The van der Waals surface area contributed by atoms with Crippen LogP contribution in [0.25, 0.3) is 0 Å². The van der Waals surface area contributed by atoms with Gasteiger partial charge in [0.1, 0.15) is 11.6 Å². The predicted octanol–water partition coefficient (Wildman–Crippen LogP) is 1.97. The smallest absolute Gasteiger partial charge is 0.198 e. The monoisotopic (exact) mass is 338 g/mol. The second kappa shape index (κ2) is 9.44.